The SMILES string of the molecule is O=c1oc(-c2ccccc2)cs1. The van der Waals surface area contributed by atoms with Crippen LogP contribution >= 0.6 is 11.3 Å². The summed E-state index contributed by atoms with van der Waals surface area (Å²) < 4.78 is 4.93. The van der Waals surface area contributed by atoms with Gasteiger partial charge in [-0.15, -0.1) is 0 Å². The standard InChI is InChI=1S/C9H6O2S/c10-9-11-8(6-12-9)7-4-2-1-3-5-7/h1-6H. The van der Waals surface area contributed by atoms with E-state index in [1.807, 2.05) is 30.3 Å². The highest BCUT2D eigenvalue weighted by Crippen LogP contribution is 2.18. The van der Waals surface area contributed by atoms with E-state index in [-0.39, 0.29) is 4.94 Å². The molecule has 0 aliphatic rings. The molecule has 2 aromatic rings. The minimum absolute atomic E-state index is 0.256. The van der Waals surface area contributed by atoms with Crippen molar-refractivity contribution in [2.24, 2.45) is 0 Å². The van der Waals surface area contributed by atoms with E-state index in [9.17, 15) is 4.79 Å². The molecule has 0 aliphatic heterocycles. The van der Waals surface area contributed by atoms with Crippen LogP contribution in [0, 0.1) is 0 Å². The first-order chi connectivity index (χ1) is 5.86. The fourth-order valence-electron chi connectivity index (χ4n) is 0.969. The van der Waals surface area contributed by atoms with Crippen LogP contribution in [-0.2, 0) is 0 Å². The van der Waals surface area contributed by atoms with E-state index < -0.39 is 0 Å². The Morgan fingerprint density at radius 2 is 1.92 bits per heavy atom. The number of hydrogen-bond acceptors (Lipinski definition) is 3. The van der Waals surface area contributed by atoms with Gasteiger partial charge in [0.2, 0.25) is 0 Å². The second-order valence-corrected chi connectivity index (χ2v) is 3.12. The molecule has 0 unspecified atom stereocenters. The van der Waals surface area contributed by atoms with Crippen LogP contribution in [0.15, 0.2) is 44.9 Å². The minimum Gasteiger partial charge on any atom is -0.414 e. The molecule has 0 N–H and O–H groups in total. The molecule has 0 atom stereocenters. The lowest BCUT2D eigenvalue weighted by molar-refractivity contribution is 0.552. The molecule has 0 saturated heterocycles. The van der Waals surface area contributed by atoms with Crippen molar-refractivity contribution >= 4 is 11.3 Å². The second-order valence-electron chi connectivity index (χ2n) is 2.32. The van der Waals surface area contributed by atoms with Gasteiger partial charge in [-0.25, -0.2) is 4.79 Å². The first kappa shape index (κ1) is 7.31. The van der Waals surface area contributed by atoms with Gasteiger partial charge < -0.3 is 4.42 Å². The zero-order chi connectivity index (χ0) is 8.39. The number of benzene rings is 1. The second kappa shape index (κ2) is 2.95. The van der Waals surface area contributed by atoms with Crippen LogP contribution in [0.3, 0.4) is 0 Å². The van der Waals surface area contributed by atoms with Gasteiger partial charge in [0.25, 0.3) is 0 Å². The summed E-state index contributed by atoms with van der Waals surface area (Å²) in [5.74, 6) is 0.644. The number of hydrogen-bond donors (Lipinski definition) is 0. The van der Waals surface area contributed by atoms with Gasteiger partial charge in [-0.05, 0) is 0 Å². The van der Waals surface area contributed by atoms with Crippen molar-refractivity contribution in [3.05, 3.63) is 45.4 Å². The molecule has 1 heterocycles. The zero-order valence-electron chi connectivity index (χ0n) is 6.19. The highest BCUT2D eigenvalue weighted by atomic mass is 32.1. The maximum absolute atomic E-state index is 10.7. The van der Waals surface area contributed by atoms with Crippen molar-refractivity contribution in [3.8, 4) is 11.3 Å². The van der Waals surface area contributed by atoms with Gasteiger partial charge in [0.05, 0.1) is 0 Å². The Labute approximate surface area is 73.1 Å². The predicted octanol–water partition coefficient (Wildman–Crippen LogP) is 2.37. The third-order valence-corrected chi connectivity index (χ3v) is 2.12. The van der Waals surface area contributed by atoms with Crippen molar-refractivity contribution in [3.63, 3.8) is 0 Å². The first-order valence-corrected chi connectivity index (χ1v) is 4.38. The smallest absolute Gasteiger partial charge is 0.395 e. The summed E-state index contributed by atoms with van der Waals surface area (Å²) in [7, 11) is 0. The number of rotatable bonds is 1. The molecule has 12 heavy (non-hydrogen) atoms. The molecule has 0 spiro atoms. The van der Waals surface area contributed by atoms with Crippen molar-refractivity contribution in [2.75, 3.05) is 0 Å². The van der Waals surface area contributed by atoms with Crippen LogP contribution < -0.4 is 4.94 Å². The molecule has 0 radical (unpaired) electrons. The summed E-state index contributed by atoms with van der Waals surface area (Å²) in [5.41, 5.74) is 0.941. The molecule has 0 amide bonds. The van der Waals surface area contributed by atoms with Gasteiger partial charge >= 0.3 is 4.94 Å². The monoisotopic (exact) mass is 178 g/mol. The summed E-state index contributed by atoms with van der Waals surface area (Å²) in [6.07, 6.45) is 0. The summed E-state index contributed by atoms with van der Waals surface area (Å²) in [6, 6.07) is 9.56. The highest BCUT2D eigenvalue weighted by Gasteiger charge is 2.00. The molecule has 0 bridgehead atoms. The van der Waals surface area contributed by atoms with Crippen LogP contribution in [0.2, 0.25) is 0 Å². The molecule has 2 rings (SSSR count). The summed E-state index contributed by atoms with van der Waals surface area (Å²) in [6.45, 7) is 0. The van der Waals surface area contributed by atoms with Gasteiger partial charge in [0.1, 0.15) is 5.76 Å². The molecular weight excluding hydrogens is 172 g/mol. The Morgan fingerprint density at radius 1 is 1.17 bits per heavy atom. The lowest BCUT2D eigenvalue weighted by atomic mass is 10.2. The van der Waals surface area contributed by atoms with Crippen molar-refractivity contribution in [1.82, 2.24) is 0 Å². The zero-order valence-corrected chi connectivity index (χ0v) is 7.01. The quantitative estimate of drug-likeness (QED) is 0.671. The Bertz CT molecular complexity index is 413. The highest BCUT2D eigenvalue weighted by molar-refractivity contribution is 7.07. The van der Waals surface area contributed by atoms with E-state index in [4.69, 9.17) is 4.42 Å². The Morgan fingerprint density at radius 3 is 2.50 bits per heavy atom. The van der Waals surface area contributed by atoms with E-state index >= 15 is 0 Å². The van der Waals surface area contributed by atoms with Crippen LogP contribution in [0.5, 0.6) is 0 Å². The van der Waals surface area contributed by atoms with Crippen molar-refractivity contribution < 1.29 is 4.42 Å². The topological polar surface area (TPSA) is 30.2 Å². The van der Waals surface area contributed by atoms with Crippen molar-refractivity contribution in [2.45, 2.75) is 0 Å². The maximum Gasteiger partial charge on any atom is 0.395 e. The average Bonchev–Trinajstić information content (AvgIpc) is 2.54. The van der Waals surface area contributed by atoms with Gasteiger partial charge in [0, 0.05) is 10.9 Å². The molecule has 0 fully saturated rings. The largest absolute Gasteiger partial charge is 0.414 e. The Balaban J connectivity index is 2.51. The molecule has 1 aromatic heterocycles. The Kier molecular flexibility index (Phi) is 1.80. The van der Waals surface area contributed by atoms with E-state index in [1.54, 1.807) is 5.38 Å². The van der Waals surface area contributed by atoms with Crippen LogP contribution in [0.4, 0.5) is 0 Å². The molecular formula is C9H6O2S. The molecule has 2 nitrogen and oxygen atoms in total. The summed E-state index contributed by atoms with van der Waals surface area (Å²) >= 11 is 1.08. The lowest BCUT2D eigenvalue weighted by Gasteiger charge is -1.91. The predicted molar refractivity (Wildman–Crippen MR) is 48.3 cm³/mol. The van der Waals surface area contributed by atoms with Gasteiger partial charge in [-0.1, -0.05) is 41.7 Å². The summed E-state index contributed by atoms with van der Waals surface area (Å²) in [4.78, 5) is 10.5. The Hall–Kier alpha value is -1.35. The van der Waals surface area contributed by atoms with E-state index in [1.165, 1.54) is 0 Å². The normalized spacial score (nSPS) is 10.0. The third kappa shape index (κ3) is 1.31. The van der Waals surface area contributed by atoms with E-state index in [2.05, 4.69) is 0 Å². The molecule has 3 heteroatoms. The molecule has 0 aliphatic carbocycles. The van der Waals surface area contributed by atoms with Crippen molar-refractivity contribution in [1.29, 1.82) is 0 Å². The van der Waals surface area contributed by atoms with Gasteiger partial charge in [0.15, 0.2) is 0 Å². The average molecular weight is 178 g/mol. The molecule has 1 aromatic carbocycles. The fourth-order valence-corrected chi connectivity index (χ4v) is 1.49. The van der Waals surface area contributed by atoms with Crippen LogP contribution in [0.25, 0.3) is 11.3 Å². The third-order valence-electron chi connectivity index (χ3n) is 1.51. The van der Waals surface area contributed by atoms with E-state index in [0.717, 1.165) is 16.9 Å². The molecule has 60 valence electrons. The maximum atomic E-state index is 10.7. The van der Waals surface area contributed by atoms with Gasteiger partial charge in [-0.2, -0.15) is 0 Å². The van der Waals surface area contributed by atoms with Crippen LogP contribution in [-0.4, -0.2) is 0 Å². The lowest BCUT2D eigenvalue weighted by Crippen LogP contribution is -1.81. The summed E-state index contributed by atoms with van der Waals surface area (Å²) in [5, 5.41) is 1.72. The molecule has 0 saturated carbocycles. The van der Waals surface area contributed by atoms with Gasteiger partial charge in [-0.3, -0.25) is 0 Å². The van der Waals surface area contributed by atoms with E-state index in [0.29, 0.717) is 5.76 Å². The van der Waals surface area contributed by atoms with Crippen LogP contribution in [0.1, 0.15) is 0 Å². The minimum atomic E-state index is -0.256. The first-order valence-electron chi connectivity index (χ1n) is 3.50. The fraction of sp³-hybridized carbons (Fsp3) is 0.